The molecule has 1 aromatic heterocycles. The zero-order valence-electron chi connectivity index (χ0n) is 7.74. The van der Waals surface area contributed by atoms with Crippen LogP contribution in [0.25, 0.3) is 0 Å². The molecule has 2 rings (SSSR count). The van der Waals surface area contributed by atoms with Crippen molar-refractivity contribution in [3.05, 3.63) is 17.5 Å². The number of anilines is 1. The standard InChI is InChI=1S/C9H12ClN3O/c10-8-4-11-6-13-9(8)12-3-7-1-2-14-5-7/h4,6-7H,1-3,5H2,(H,11,12,13). The predicted octanol–water partition coefficient (Wildman–Crippen LogP) is 1.58. The maximum absolute atomic E-state index is 5.89. The number of ether oxygens (including phenoxy) is 1. The minimum Gasteiger partial charge on any atom is -0.381 e. The molecule has 0 radical (unpaired) electrons. The molecule has 76 valence electrons. The van der Waals surface area contributed by atoms with Crippen molar-refractivity contribution >= 4 is 17.4 Å². The van der Waals surface area contributed by atoms with Gasteiger partial charge >= 0.3 is 0 Å². The molecule has 1 aromatic rings. The molecule has 5 heteroatoms. The Morgan fingerprint density at radius 2 is 2.57 bits per heavy atom. The Morgan fingerprint density at radius 3 is 3.29 bits per heavy atom. The highest BCUT2D eigenvalue weighted by atomic mass is 35.5. The summed E-state index contributed by atoms with van der Waals surface area (Å²) >= 11 is 5.89. The first kappa shape index (κ1) is 9.68. The fourth-order valence-electron chi connectivity index (χ4n) is 1.43. The molecule has 1 saturated heterocycles. The van der Waals surface area contributed by atoms with E-state index in [4.69, 9.17) is 16.3 Å². The topological polar surface area (TPSA) is 47.0 Å². The van der Waals surface area contributed by atoms with Gasteiger partial charge in [0.05, 0.1) is 12.8 Å². The van der Waals surface area contributed by atoms with Crippen molar-refractivity contribution in [2.24, 2.45) is 5.92 Å². The van der Waals surface area contributed by atoms with E-state index in [2.05, 4.69) is 15.3 Å². The molecule has 0 amide bonds. The summed E-state index contributed by atoms with van der Waals surface area (Å²) < 4.78 is 5.27. The molecule has 0 aliphatic carbocycles. The maximum atomic E-state index is 5.89. The van der Waals surface area contributed by atoms with Crippen LogP contribution in [-0.4, -0.2) is 29.7 Å². The zero-order valence-corrected chi connectivity index (χ0v) is 8.50. The lowest BCUT2D eigenvalue weighted by molar-refractivity contribution is 0.187. The van der Waals surface area contributed by atoms with Crippen LogP contribution in [0.2, 0.25) is 5.02 Å². The summed E-state index contributed by atoms with van der Waals surface area (Å²) in [6, 6.07) is 0. The predicted molar refractivity (Wildman–Crippen MR) is 54.5 cm³/mol. The van der Waals surface area contributed by atoms with Crippen molar-refractivity contribution in [3.63, 3.8) is 0 Å². The van der Waals surface area contributed by atoms with E-state index in [0.717, 1.165) is 26.2 Å². The van der Waals surface area contributed by atoms with Crippen LogP contribution in [0.15, 0.2) is 12.5 Å². The molecule has 14 heavy (non-hydrogen) atoms. The lowest BCUT2D eigenvalue weighted by Gasteiger charge is -2.10. The monoisotopic (exact) mass is 213 g/mol. The average Bonchev–Trinajstić information content (AvgIpc) is 2.69. The second kappa shape index (κ2) is 4.57. The Morgan fingerprint density at radius 1 is 1.64 bits per heavy atom. The maximum Gasteiger partial charge on any atom is 0.148 e. The number of rotatable bonds is 3. The molecule has 1 atom stereocenters. The van der Waals surface area contributed by atoms with E-state index in [0.29, 0.717) is 16.8 Å². The van der Waals surface area contributed by atoms with E-state index in [1.807, 2.05) is 0 Å². The van der Waals surface area contributed by atoms with Crippen LogP contribution in [0, 0.1) is 5.92 Å². The summed E-state index contributed by atoms with van der Waals surface area (Å²) in [6.45, 7) is 2.55. The van der Waals surface area contributed by atoms with Crippen LogP contribution in [0.1, 0.15) is 6.42 Å². The first-order valence-corrected chi connectivity index (χ1v) is 5.01. The molecule has 1 unspecified atom stereocenters. The highest BCUT2D eigenvalue weighted by molar-refractivity contribution is 6.32. The van der Waals surface area contributed by atoms with E-state index >= 15 is 0 Å². The lowest BCUT2D eigenvalue weighted by atomic mass is 10.1. The summed E-state index contributed by atoms with van der Waals surface area (Å²) in [4.78, 5) is 7.86. The van der Waals surface area contributed by atoms with Gasteiger partial charge in [0.2, 0.25) is 0 Å². The van der Waals surface area contributed by atoms with Gasteiger partial charge in [-0.3, -0.25) is 0 Å². The van der Waals surface area contributed by atoms with Gasteiger partial charge in [-0.25, -0.2) is 9.97 Å². The van der Waals surface area contributed by atoms with Gasteiger partial charge in [-0.15, -0.1) is 0 Å². The molecule has 4 nitrogen and oxygen atoms in total. The zero-order chi connectivity index (χ0) is 9.80. The van der Waals surface area contributed by atoms with Crippen molar-refractivity contribution in [2.45, 2.75) is 6.42 Å². The number of halogens is 1. The van der Waals surface area contributed by atoms with E-state index in [1.165, 1.54) is 6.33 Å². The summed E-state index contributed by atoms with van der Waals surface area (Å²) in [7, 11) is 0. The van der Waals surface area contributed by atoms with Gasteiger partial charge < -0.3 is 10.1 Å². The molecule has 0 aromatic carbocycles. The van der Waals surface area contributed by atoms with Crippen molar-refractivity contribution in [1.82, 2.24) is 9.97 Å². The smallest absolute Gasteiger partial charge is 0.148 e. The van der Waals surface area contributed by atoms with E-state index in [1.54, 1.807) is 6.20 Å². The molecule has 0 bridgehead atoms. The van der Waals surface area contributed by atoms with E-state index in [-0.39, 0.29) is 0 Å². The third-order valence-electron chi connectivity index (χ3n) is 2.25. The molecule has 1 aliphatic rings. The summed E-state index contributed by atoms with van der Waals surface area (Å²) in [5.74, 6) is 1.27. The molecule has 1 N–H and O–H groups in total. The number of hydrogen-bond donors (Lipinski definition) is 1. The third kappa shape index (κ3) is 2.33. The fourth-order valence-corrected chi connectivity index (χ4v) is 1.60. The Hall–Kier alpha value is -0.870. The lowest BCUT2D eigenvalue weighted by Crippen LogP contribution is -2.15. The average molecular weight is 214 g/mol. The molecular formula is C9H12ClN3O. The van der Waals surface area contributed by atoms with Crippen molar-refractivity contribution in [3.8, 4) is 0 Å². The van der Waals surface area contributed by atoms with Crippen LogP contribution in [0.5, 0.6) is 0 Å². The van der Waals surface area contributed by atoms with Crippen molar-refractivity contribution in [1.29, 1.82) is 0 Å². The Labute approximate surface area is 87.7 Å². The van der Waals surface area contributed by atoms with Gasteiger partial charge in [-0.2, -0.15) is 0 Å². The summed E-state index contributed by atoms with van der Waals surface area (Å²) in [5, 5.41) is 3.75. The molecule has 1 fully saturated rings. The molecule has 0 saturated carbocycles. The van der Waals surface area contributed by atoms with Crippen LogP contribution in [0.4, 0.5) is 5.82 Å². The minimum absolute atomic E-state index is 0.561. The van der Waals surface area contributed by atoms with Crippen LogP contribution >= 0.6 is 11.6 Å². The number of nitrogens with zero attached hydrogens (tertiary/aromatic N) is 2. The highest BCUT2D eigenvalue weighted by Gasteiger charge is 2.15. The number of aromatic nitrogens is 2. The van der Waals surface area contributed by atoms with Crippen molar-refractivity contribution < 1.29 is 4.74 Å². The first-order valence-electron chi connectivity index (χ1n) is 4.63. The SMILES string of the molecule is Clc1cncnc1NCC1CCOC1. The van der Waals surface area contributed by atoms with E-state index < -0.39 is 0 Å². The van der Waals surface area contributed by atoms with Gasteiger partial charge in [0, 0.05) is 19.1 Å². The normalized spacial score (nSPS) is 21.1. The summed E-state index contributed by atoms with van der Waals surface area (Å²) in [6.07, 6.45) is 4.18. The van der Waals surface area contributed by atoms with Crippen LogP contribution < -0.4 is 5.32 Å². The fraction of sp³-hybridized carbons (Fsp3) is 0.556. The Balaban J connectivity index is 1.88. The second-order valence-corrected chi connectivity index (χ2v) is 3.74. The number of hydrogen-bond acceptors (Lipinski definition) is 4. The minimum atomic E-state index is 0.561. The second-order valence-electron chi connectivity index (χ2n) is 3.33. The molecule has 0 spiro atoms. The Kier molecular flexibility index (Phi) is 3.16. The van der Waals surface area contributed by atoms with Gasteiger partial charge in [0.1, 0.15) is 17.2 Å². The van der Waals surface area contributed by atoms with E-state index in [9.17, 15) is 0 Å². The molecule has 1 aliphatic heterocycles. The van der Waals surface area contributed by atoms with Gasteiger partial charge in [0.25, 0.3) is 0 Å². The summed E-state index contributed by atoms with van der Waals surface area (Å²) in [5.41, 5.74) is 0. The quantitative estimate of drug-likeness (QED) is 0.828. The molecular weight excluding hydrogens is 202 g/mol. The van der Waals surface area contributed by atoms with Crippen molar-refractivity contribution in [2.75, 3.05) is 25.1 Å². The Bertz CT molecular complexity index is 302. The van der Waals surface area contributed by atoms with Crippen LogP contribution in [-0.2, 0) is 4.74 Å². The van der Waals surface area contributed by atoms with Crippen LogP contribution in [0.3, 0.4) is 0 Å². The van der Waals surface area contributed by atoms with Gasteiger partial charge in [0.15, 0.2) is 0 Å². The first-order chi connectivity index (χ1) is 6.86. The highest BCUT2D eigenvalue weighted by Crippen LogP contribution is 2.18. The largest absolute Gasteiger partial charge is 0.381 e. The van der Waals surface area contributed by atoms with Gasteiger partial charge in [-0.05, 0) is 6.42 Å². The third-order valence-corrected chi connectivity index (χ3v) is 2.53. The molecule has 2 heterocycles. The number of nitrogens with one attached hydrogen (secondary N) is 1. The van der Waals surface area contributed by atoms with Gasteiger partial charge in [-0.1, -0.05) is 11.6 Å².